The van der Waals surface area contributed by atoms with Gasteiger partial charge in [0.2, 0.25) is 0 Å². The van der Waals surface area contributed by atoms with Gasteiger partial charge in [0.05, 0.1) is 0 Å². The molecule has 1 saturated heterocycles. The first-order valence-corrected chi connectivity index (χ1v) is 7.40. The largest absolute Gasteiger partial charge is 0.483 e. The lowest BCUT2D eigenvalue weighted by Crippen LogP contribution is -2.48. The van der Waals surface area contributed by atoms with Gasteiger partial charge in [0, 0.05) is 19.1 Å². The number of carbonyl (C=O) groups excluding carboxylic acids is 1. The van der Waals surface area contributed by atoms with Gasteiger partial charge in [0.1, 0.15) is 5.75 Å². The minimum Gasteiger partial charge on any atom is -0.483 e. The molecule has 0 aromatic heterocycles. The van der Waals surface area contributed by atoms with Crippen LogP contribution >= 0.6 is 0 Å². The first-order valence-electron chi connectivity index (χ1n) is 7.40. The summed E-state index contributed by atoms with van der Waals surface area (Å²) < 4.78 is 5.70. The van der Waals surface area contributed by atoms with Gasteiger partial charge in [-0.05, 0) is 37.9 Å². The molecular formula is C16H24N2O2. The van der Waals surface area contributed by atoms with Gasteiger partial charge >= 0.3 is 0 Å². The Morgan fingerprint density at radius 2 is 2.25 bits per heavy atom. The molecule has 1 aromatic rings. The molecular weight excluding hydrogens is 252 g/mol. The molecule has 1 aliphatic rings. The summed E-state index contributed by atoms with van der Waals surface area (Å²) in [6.45, 7) is 3.85. The van der Waals surface area contributed by atoms with Crippen LogP contribution in [-0.2, 0) is 11.2 Å². The van der Waals surface area contributed by atoms with E-state index in [-0.39, 0.29) is 12.5 Å². The van der Waals surface area contributed by atoms with E-state index in [2.05, 4.69) is 12.2 Å². The summed E-state index contributed by atoms with van der Waals surface area (Å²) in [6, 6.07) is 8.32. The summed E-state index contributed by atoms with van der Waals surface area (Å²) in [5, 5.41) is 3.25. The summed E-state index contributed by atoms with van der Waals surface area (Å²) >= 11 is 0. The number of nitrogens with one attached hydrogen (secondary N) is 1. The predicted molar refractivity (Wildman–Crippen MR) is 80.0 cm³/mol. The number of rotatable bonds is 5. The van der Waals surface area contributed by atoms with E-state index in [4.69, 9.17) is 4.74 Å². The molecule has 0 spiro atoms. The maximum Gasteiger partial charge on any atom is 0.260 e. The topological polar surface area (TPSA) is 41.6 Å². The second-order valence-corrected chi connectivity index (χ2v) is 5.22. The number of benzene rings is 1. The Hall–Kier alpha value is -1.55. The van der Waals surface area contributed by atoms with Crippen LogP contribution in [0.15, 0.2) is 24.3 Å². The molecule has 0 saturated carbocycles. The number of hydrogen-bond donors (Lipinski definition) is 1. The van der Waals surface area contributed by atoms with Crippen LogP contribution in [0.4, 0.5) is 0 Å². The Morgan fingerprint density at radius 1 is 1.45 bits per heavy atom. The van der Waals surface area contributed by atoms with E-state index < -0.39 is 0 Å². The minimum absolute atomic E-state index is 0.0795. The number of para-hydroxylation sites is 1. The van der Waals surface area contributed by atoms with Crippen LogP contribution in [0.2, 0.25) is 0 Å². The van der Waals surface area contributed by atoms with E-state index in [0.717, 1.165) is 43.7 Å². The van der Waals surface area contributed by atoms with Gasteiger partial charge in [-0.2, -0.15) is 0 Å². The van der Waals surface area contributed by atoms with Crippen molar-refractivity contribution in [3.8, 4) is 5.75 Å². The Balaban J connectivity index is 1.88. The van der Waals surface area contributed by atoms with E-state index >= 15 is 0 Å². The fourth-order valence-electron chi connectivity index (χ4n) is 2.61. The number of aryl methyl sites for hydroxylation is 1. The zero-order valence-corrected chi connectivity index (χ0v) is 12.4. The molecule has 1 amide bonds. The Bertz CT molecular complexity index is 448. The second-order valence-electron chi connectivity index (χ2n) is 5.22. The lowest BCUT2D eigenvalue weighted by Gasteiger charge is -2.32. The highest BCUT2D eigenvalue weighted by Gasteiger charge is 2.22. The van der Waals surface area contributed by atoms with Crippen LogP contribution in [0.25, 0.3) is 0 Å². The molecule has 2 rings (SSSR count). The smallest absolute Gasteiger partial charge is 0.260 e. The molecule has 110 valence electrons. The van der Waals surface area contributed by atoms with Gasteiger partial charge in [-0.15, -0.1) is 0 Å². The molecule has 1 aliphatic heterocycles. The molecule has 0 radical (unpaired) electrons. The predicted octanol–water partition coefficient (Wildman–Crippen LogP) is 1.84. The monoisotopic (exact) mass is 276 g/mol. The van der Waals surface area contributed by atoms with Crippen molar-refractivity contribution in [2.24, 2.45) is 0 Å². The van der Waals surface area contributed by atoms with Crippen LogP contribution in [-0.4, -0.2) is 43.6 Å². The third-order valence-corrected chi connectivity index (χ3v) is 3.89. The van der Waals surface area contributed by atoms with Crippen LogP contribution in [0.5, 0.6) is 5.75 Å². The first-order chi connectivity index (χ1) is 9.74. The van der Waals surface area contributed by atoms with Gasteiger partial charge in [0.25, 0.3) is 5.91 Å². The summed E-state index contributed by atoms with van der Waals surface area (Å²) in [7, 11) is 1.95. The molecule has 0 bridgehead atoms. The summed E-state index contributed by atoms with van der Waals surface area (Å²) in [5.41, 5.74) is 1.15. The van der Waals surface area contributed by atoms with Gasteiger partial charge < -0.3 is 15.0 Å². The molecule has 1 heterocycles. The first kappa shape index (κ1) is 14.9. The van der Waals surface area contributed by atoms with E-state index in [1.807, 2.05) is 36.2 Å². The van der Waals surface area contributed by atoms with Crippen molar-refractivity contribution in [2.45, 2.75) is 32.2 Å². The molecule has 4 heteroatoms. The van der Waals surface area contributed by atoms with E-state index in [1.54, 1.807) is 0 Å². The van der Waals surface area contributed by atoms with Gasteiger partial charge in [0.15, 0.2) is 6.61 Å². The number of carbonyl (C=O) groups is 1. The SMILES string of the molecule is CCc1ccccc1OCC(=O)N1CCC[C@H](NC)C1. The maximum absolute atomic E-state index is 12.2. The summed E-state index contributed by atoms with van der Waals surface area (Å²) in [5.74, 6) is 0.904. The van der Waals surface area contributed by atoms with Crippen LogP contribution < -0.4 is 10.1 Å². The number of nitrogens with zero attached hydrogens (tertiary/aromatic N) is 1. The average molecular weight is 276 g/mol. The van der Waals surface area contributed by atoms with E-state index in [0.29, 0.717) is 6.04 Å². The minimum atomic E-state index is 0.0795. The third kappa shape index (κ3) is 3.73. The zero-order valence-electron chi connectivity index (χ0n) is 12.4. The zero-order chi connectivity index (χ0) is 14.4. The van der Waals surface area contributed by atoms with Crippen molar-refractivity contribution < 1.29 is 9.53 Å². The Morgan fingerprint density at radius 3 is 3.00 bits per heavy atom. The fourth-order valence-corrected chi connectivity index (χ4v) is 2.61. The standard InChI is InChI=1S/C16H24N2O2/c1-3-13-7-4-5-9-15(13)20-12-16(19)18-10-6-8-14(11-18)17-2/h4-5,7,9,14,17H,3,6,8,10-12H2,1-2H3/t14-/m0/s1. The second kappa shape index (κ2) is 7.29. The molecule has 1 atom stereocenters. The van der Waals surface area contributed by atoms with Crippen LogP contribution in [0.1, 0.15) is 25.3 Å². The van der Waals surface area contributed by atoms with Gasteiger partial charge in [-0.3, -0.25) is 4.79 Å². The van der Waals surface area contributed by atoms with Crippen molar-refractivity contribution in [2.75, 3.05) is 26.7 Å². The lowest BCUT2D eigenvalue weighted by molar-refractivity contribution is -0.134. The number of amides is 1. The van der Waals surface area contributed by atoms with E-state index in [9.17, 15) is 4.79 Å². The Labute approximate surface area is 121 Å². The number of piperidine rings is 1. The molecule has 1 fully saturated rings. The highest BCUT2D eigenvalue weighted by molar-refractivity contribution is 5.78. The van der Waals surface area contributed by atoms with Crippen molar-refractivity contribution >= 4 is 5.91 Å². The molecule has 1 N–H and O–H groups in total. The quantitative estimate of drug-likeness (QED) is 0.892. The summed E-state index contributed by atoms with van der Waals surface area (Å²) in [6.07, 6.45) is 3.11. The number of likely N-dealkylation sites (N-methyl/N-ethyl adjacent to an activating group) is 1. The van der Waals surface area contributed by atoms with Gasteiger partial charge in [-0.25, -0.2) is 0 Å². The average Bonchev–Trinajstić information content (AvgIpc) is 2.52. The molecule has 1 aromatic carbocycles. The van der Waals surface area contributed by atoms with Gasteiger partial charge in [-0.1, -0.05) is 25.1 Å². The van der Waals surface area contributed by atoms with Crippen molar-refractivity contribution in [3.05, 3.63) is 29.8 Å². The molecule has 0 unspecified atom stereocenters. The van der Waals surface area contributed by atoms with Crippen LogP contribution in [0, 0.1) is 0 Å². The lowest BCUT2D eigenvalue weighted by atomic mass is 10.1. The highest BCUT2D eigenvalue weighted by Crippen LogP contribution is 2.18. The number of hydrogen-bond acceptors (Lipinski definition) is 3. The molecule has 20 heavy (non-hydrogen) atoms. The molecule has 0 aliphatic carbocycles. The van der Waals surface area contributed by atoms with Crippen LogP contribution in [0.3, 0.4) is 0 Å². The molecule has 4 nitrogen and oxygen atoms in total. The van der Waals surface area contributed by atoms with Crippen molar-refractivity contribution in [1.82, 2.24) is 10.2 Å². The fraction of sp³-hybridized carbons (Fsp3) is 0.562. The Kier molecular flexibility index (Phi) is 5.41. The van der Waals surface area contributed by atoms with Crippen molar-refractivity contribution in [1.29, 1.82) is 0 Å². The summed E-state index contributed by atoms with van der Waals surface area (Å²) in [4.78, 5) is 14.1. The van der Waals surface area contributed by atoms with Crippen molar-refractivity contribution in [3.63, 3.8) is 0 Å². The third-order valence-electron chi connectivity index (χ3n) is 3.89. The van der Waals surface area contributed by atoms with E-state index in [1.165, 1.54) is 0 Å². The normalized spacial score (nSPS) is 18.9. The number of ether oxygens (including phenoxy) is 1. The highest BCUT2D eigenvalue weighted by atomic mass is 16.5. The number of likely N-dealkylation sites (tertiary alicyclic amines) is 1. The maximum atomic E-state index is 12.2.